The summed E-state index contributed by atoms with van der Waals surface area (Å²) in [6.45, 7) is 0.518. The molecule has 0 aliphatic carbocycles. The summed E-state index contributed by atoms with van der Waals surface area (Å²) in [5.74, 6) is 0.717. The van der Waals surface area contributed by atoms with Gasteiger partial charge in [-0.15, -0.1) is 0 Å². The normalized spacial score (nSPS) is 13.1. The van der Waals surface area contributed by atoms with E-state index >= 15 is 0 Å². The summed E-state index contributed by atoms with van der Waals surface area (Å²) in [4.78, 5) is 11.3. The zero-order valence-corrected chi connectivity index (χ0v) is 12.6. The molecule has 1 aliphatic heterocycles. The SMILES string of the molecule is O=C1COc2ccc(NCc3cccc(Br)c3O)cc2N1. The van der Waals surface area contributed by atoms with Crippen molar-refractivity contribution in [1.29, 1.82) is 0 Å². The summed E-state index contributed by atoms with van der Waals surface area (Å²) >= 11 is 3.29. The molecule has 108 valence electrons. The van der Waals surface area contributed by atoms with Gasteiger partial charge in [0, 0.05) is 17.8 Å². The highest BCUT2D eigenvalue weighted by Gasteiger charge is 2.15. The molecule has 0 aromatic heterocycles. The Bertz CT molecular complexity index is 703. The number of hydrogen-bond acceptors (Lipinski definition) is 4. The third kappa shape index (κ3) is 2.95. The summed E-state index contributed by atoms with van der Waals surface area (Å²) in [5.41, 5.74) is 2.26. The number of phenolic OH excluding ortho intramolecular Hbond substituents is 1. The van der Waals surface area contributed by atoms with Crippen molar-refractivity contribution < 1.29 is 14.6 Å². The molecule has 0 fully saturated rings. The highest BCUT2D eigenvalue weighted by atomic mass is 79.9. The third-order valence-corrected chi connectivity index (χ3v) is 3.81. The molecule has 3 N–H and O–H groups in total. The van der Waals surface area contributed by atoms with Gasteiger partial charge in [0.15, 0.2) is 6.61 Å². The van der Waals surface area contributed by atoms with E-state index in [0.717, 1.165) is 11.3 Å². The first-order chi connectivity index (χ1) is 10.1. The maximum absolute atomic E-state index is 11.3. The van der Waals surface area contributed by atoms with E-state index in [1.54, 1.807) is 18.2 Å². The first-order valence-electron chi connectivity index (χ1n) is 6.40. The van der Waals surface area contributed by atoms with Gasteiger partial charge in [0.25, 0.3) is 5.91 Å². The topological polar surface area (TPSA) is 70.6 Å². The molecular formula is C15H13BrN2O3. The molecule has 5 nitrogen and oxygen atoms in total. The standard InChI is InChI=1S/C15H13BrN2O3/c16-11-3-1-2-9(15(11)20)7-17-10-4-5-13-12(6-10)18-14(19)8-21-13/h1-6,17,20H,7-8H2,(H,18,19). The van der Waals surface area contributed by atoms with Crippen LogP contribution in [-0.4, -0.2) is 17.6 Å². The van der Waals surface area contributed by atoms with Gasteiger partial charge in [-0.05, 0) is 40.2 Å². The fourth-order valence-corrected chi connectivity index (χ4v) is 2.50. The largest absolute Gasteiger partial charge is 0.506 e. The van der Waals surface area contributed by atoms with E-state index in [1.165, 1.54) is 0 Å². The van der Waals surface area contributed by atoms with E-state index in [0.29, 0.717) is 22.5 Å². The Morgan fingerprint density at radius 3 is 3.05 bits per heavy atom. The molecule has 1 aliphatic rings. The smallest absolute Gasteiger partial charge is 0.262 e. The van der Waals surface area contributed by atoms with E-state index < -0.39 is 0 Å². The molecule has 0 saturated carbocycles. The number of nitrogens with one attached hydrogen (secondary N) is 2. The molecule has 0 spiro atoms. The Hall–Kier alpha value is -2.21. The van der Waals surface area contributed by atoms with Crippen molar-refractivity contribution in [2.24, 2.45) is 0 Å². The Morgan fingerprint density at radius 2 is 2.19 bits per heavy atom. The van der Waals surface area contributed by atoms with Gasteiger partial charge in [-0.2, -0.15) is 0 Å². The van der Waals surface area contributed by atoms with Gasteiger partial charge in [-0.3, -0.25) is 4.79 Å². The second kappa shape index (κ2) is 5.65. The lowest BCUT2D eigenvalue weighted by atomic mass is 10.2. The lowest BCUT2D eigenvalue weighted by Gasteiger charge is -2.19. The Kier molecular flexibility index (Phi) is 3.70. The zero-order chi connectivity index (χ0) is 14.8. The summed E-state index contributed by atoms with van der Waals surface area (Å²) in [7, 11) is 0. The number of carbonyl (C=O) groups excluding carboxylic acids is 1. The van der Waals surface area contributed by atoms with Gasteiger partial charge in [-0.25, -0.2) is 0 Å². The lowest BCUT2D eigenvalue weighted by molar-refractivity contribution is -0.118. The first-order valence-corrected chi connectivity index (χ1v) is 7.20. The van der Waals surface area contributed by atoms with Crippen LogP contribution in [-0.2, 0) is 11.3 Å². The molecular weight excluding hydrogens is 336 g/mol. The first kappa shape index (κ1) is 13.8. The maximum Gasteiger partial charge on any atom is 0.262 e. The minimum absolute atomic E-state index is 0.0473. The van der Waals surface area contributed by atoms with Crippen molar-refractivity contribution in [2.75, 3.05) is 17.2 Å². The summed E-state index contributed by atoms with van der Waals surface area (Å²) in [5, 5.41) is 15.9. The van der Waals surface area contributed by atoms with Crippen LogP contribution in [0.2, 0.25) is 0 Å². The van der Waals surface area contributed by atoms with Crippen LogP contribution in [0.15, 0.2) is 40.9 Å². The van der Waals surface area contributed by atoms with Crippen LogP contribution in [0.3, 0.4) is 0 Å². The fraction of sp³-hybridized carbons (Fsp3) is 0.133. The van der Waals surface area contributed by atoms with Crippen molar-refractivity contribution in [3.63, 3.8) is 0 Å². The number of rotatable bonds is 3. The number of halogens is 1. The molecule has 2 aromatic carbocycles. The van der Waals surface area contributed by atoms with Crippen LogP contribution in [0.5, 0.6) is 11.5 Å². The molecule has 1 amide bonds. The second-order valence-electron chi connectivity index (χ2n) is 4.65. The molecule has 0 radical (unpaired) electrons. The van der Waals surface area contributed by atoms with Crippen LogP contribution < -0.4 is 15.4 Å². The number of amides is 1. The van der Waals surface area contributed by atoms with Gasteiger partial charge in [0.1, 0.15) is 11.5 Å². The highest BCUT2D eigenvalue weighted by molar-refractivity contribution is 9.10. The number of fused-ring (bicyclic) bond motifs is 1. The Balaban J connectivity index is 1.75. The number of para-hydroxylation sites is 1. The zero-order valence-electron chi connectivity index (χ0n) is 11.0. The molecule has 0 saturated heterocycles. The van der Waals surface area contributed by atoms with E-state index in [4.69, 9.17) is 4.74 Å². The van der Waals surface area contributed by atoms with Crippen molar-refractivity contribution in [2.45, 2.75) is 6.54 Å². The number of hydrogen-bond donors (Lipinski definition) is 3. The second-order valence-corrected chi connectivity index (χ2v) is 5.50. The van der Waals surface area contributed by atoms with Crippen molar-refractivity contribution in [1.82, 2.24) is 0 Å². The highest BCUT2D eigenvalue weighted by Crippen LogP contribution is 2.31. The van der Waals surface area contributed by atoms with Crippen LogP contribution >= 0.6 is 15.9 Å². The van der Waals surface area contributed by atoms with Gasteiger partial charge in [-0.1, -0.05) is 12.1 Å². The molecule has 0 atom stereocenters. The average Bonchev–Trinajstić information content (AvgIpc) is 2.48. The number of benzene rings is 2. The minimum atomic E-state index is -0.163. The minimum Gasteiger partial charge on any atom is -0.506 e. The maximum atomic E-state index is 11.3. The predicted molar refractivity (Wildman–Crippen MR) is 83.7 cm³/mol. The van der Waals surface area contributed by atoms with Crippen LogP contribution in [0, 0.1) is 0 Å². The Morgan fingerprint density at radius 1 is 1.33 bits per heavy atom. The molecule has 0 unspecified atom stereocenters. The van der Waals surface area contributed by atoms with E-state index in [-0.39, 0.29) is 18.3 Å². The van der Waals surface area contributed by atoms with E-state index in [2.05, 4.69) is 26.6 Å². The van der Waals surface area contributed by atoms with Gasteiger partial charge in [0.05, 0.1) is 10.2 Å². The summed E-state index contributed by atoms with van der Waals surface area (Å²) in [6.07, 6.45) is 0. The fourth-order valence-electron chi connectivity index (χ4n) is 2.09. The quantitative estimate of drug-likeness (QED) is 0.796. The summed E-state index contributed by atoms with van der Waals surface area (Å²) < 4.78 is 5.96. The van der Waals surface area contributed by atoms with Crippen LogP contribution in [0.4, 0.5) is 11.4 Å². The number of carbonyl (C=O) groups is 1. The van der Waals surface area contributed by atoms with Gasteiger partial charge >= 0.3 is 0 Å². The number of ether oxygens (including phenoxy) is 1. The number of phenols is 1. The molecule has 2 aromatic rings. The monoisotopic (exact) mass is 348 g/mol. The summed E-state index contributed by atoms with van der Waals surface area (Å²) in [6, 6.07) is 11.0. The average molecular weight is 349 g/mol. The van der Waals surface area contributed by atoms with E-state index in [1.807, 2.05) is 18.2 Å². The van der Waals surface area contributed by atoms with Crippen LogP contribution in [0.1, 0.15) is 5.56 Å². The molecule has 6 heteroatoms. The van der Waals surface area contributed by atoms with Crippen molar-refractivity contribution in [3.8, 4) is 11.5 Å². The Labute approximate surface area is 130 Å². The van der Waals surface area contributed by atoms with Crippen molar-refractivity contribution >= 4 is 33.2 Å². The predicted octanol–water partition coefficient (Wildman–Crippen LogP) is 3.10. The molecule has 1 heterocycles. The van der Waals surface area contributed by atoms with E-state index in [9.17, 15) is 9.90 Å². The van der Waals surface area contributed by atoms with Crippen molar-refractivity contribution in [3.05, 3.63) is 46.4 Å². The lowest BCUT2D eigenvalue weighted by Crippen LogP contribution is -2.25. The molecule has 3 rings (SSSR count). The molecule has 21 heavy (non-hydrogen) atoms. The number of aromatic hydroxyl groups is 1. The van der Waals surface area contributed by atoms with Crippen LogP contribution in [0.25, 0.3) is 0 Å². The van der Waals surface area contributed by atoms with Gasteiger partial charge in [0.2, 0.25) is 0 Å². The van der Waals surface area contributed by atoms with Gasteiger partial charge < -0.3 is 20.5 Å². The number of anilines is 2. The third-order valence-electron chi connectivity index (χ3n) is 3.17. The molecule has 0 bridgehead atoms.